The molecule has 1 nitrogen and oxygen atoms in total. The summed E-state index contributed by atoms with van der Waals surface area (Å²) in [5.74, 6) is 0.981. The number of rotatable bonds is 3. The van der Waals surface area contributed by atoms with Crippen molar-refractivity contribution in [2.75, 3.05) is 7.11 Å². The Labute approximate surface area is 108 Å². The molecule has 0 unspecified atom stereocenters. The zero-order valence-electron chi connectivity index (χ0n) is 12.8. The minimum absolute atomic E-state index is 0.981. The number of methoxy groups -OCH3 is 1. The average molecular weight is 238 g/mol. The van der Waals surface area contributed by atoms with Crippen molar-refractivity contribution in [1.29, 1.82) is 0 Å². The van der Waals surface area contributed by atoms with E-state index in [1.54, 1.807) is 7.11 Å². The standard InChI is InChI=1S/C11H16O.C3H8.C2H6/c1-4-5-10-6-7-11(12-3)9(2)8-10;1-3-2;1-2/h6-8H,4-5H2,1-3H3;3H2,1-2H3;1-2H3. The Balaban J connectivity index is 0. The van der Waals surface area contributed by atoms with Crippen LogP contribution in [0.15, 0.2) is 18.2 Å². The third kappa shape index (κ3) is 8.79. The second-order valence-corrected chi connectivity index (χ2v) is 3.76. The second-order valence-electron chi connectivity index (χ2n) is 3.76. The van der Waals surface area contributed by atoms with Crippen molar-refractivity contribution in [2.24, 2.45) is 0 Å². The van der Waals surface area contributed by atoms with Gasteiger partial charge in [-0.15, -0.1) is 0 Å². The van der Waals surface area contributed by atoms with Gasteiger partial charge in [0.2, 0.25) is 0 Å². The summed E-state index contributed by atoms with van der Waals surface area (Å²) >= 11 is 0. The SMILES string of the molecule is CC.CCC.CCCc1ccc(OC)c(C)c1. The normalized spacial score (nSPS) is 8.41. The van der Waals surface area contributed by atoms with Gasteiger partial charge in [0.05, 0.1) is 7.11 Å². The van der Waals surface area contributed by atoms with E-state index in [0.717, 1.165) is 12.2 Å². The van der Waals surface area contributed by atoms with E-state index in [9.17, 15) is 0 Å². The van der Waals surface area contributed by atoms with Crippen LogP contribution in [0.1, 0.15) is 58.6 Å². The van der Waals surface area contributed by atoms with Crippen molar-refractivity contribution in [1.82, 2.24) is 0 Å². The largest absolute Gasteiger partial charge is 0.496 e. The van der Waals surface area contributed by atoms with Crippen LogP contribution in [-0.4, -0.2) is 7.11 Å². The molecule has 0 spiro atoms. The first-order valence-electron chi connectivity index (χ1n) is 6.83. The molecule has 0 heterocycles. The highest BCUT2D eigenvalue weighted by atomic mass is 16.5. The third-order valence-corrected chi connectivity index (χ3v) is 2.00. The van der Waals surface area contributed by atoms with E-state index in [0.29, 0.717) is 0 Å². The molecule has 0 N–H and O–H groups in total. The molecule has 0 amide bonds. The predicted octanol–water partition coefficient (Wildman–Crippen LogP) is 5.40. The van der Waals surface area contributed by atoms with E-state index in [-0.39, 0.29) is 0 Å². The Bertz CT molecular complexity index is 266. The Hall–Kier alpha value is -0.980. The van der Waals surface area contributed by atoms with Crippen molar-refractivity contribution < 1.29 is 4.74 Å². The number of benzene rings is 1. The molecule has 0 aliphatic heterocycles. The fourth-order valence-electron chi connectivity index (χ4n) is 1.38. The fourth-order valence-corrected chi connectivity index (χ4v) is 1.38. The van der Waals surface area contributed by atoms with Crippen LogP contribution in [0.3, 0.4) is 0 Å². The molecular weight excluding hydrogens is 208 g/mol. The highest BCUT2D eigenvalue weighted by Crippen LogP contribution is 2.18. The molecule has 0 aromatic heterocycles. The van der Waals surface area contributed by atoms with Crippen LogP contribution < -0.4 is 4.74 Å². The van der Waals surface area contributed by atoms with Gasteiger partial charge < -0.3 is 4.74 Å². The highest BCUT2D eigenvalue weighted by molar-refractivity contribution is 5.36. The van der Waals surface area contributed by atoms with Gasteiger partial charge in [0.1, 0.15) is 5.75 Å². The average Bonchev–Trinajstić information content (AvgIpc) is 2.33. The van der Waals surface area contributed by atoms with E-state index in [4.69, 9.17) is 4.74 Å². The van der Waals surface area contributed by atoms with Crippen LogP contribution in [0.2, 0.25) is 0 Å². The molecule has 1 heteroatoms. The number of hydrogen-bond acceptors (Lipinski definition) is 1. The summed E-state index contributed by atoms with van der Waals surface area (Å²) in [5, 5.41) is 0. The van der Waals surface area contributed by atoms with E-state index >= 15 is 0 Å². The van der Waals surface area contributed by atoms with Gasteiger partial charge in [0.25, 0.3) is 0 Å². The van der Waals surface area contributed by atoms with Gasteiger partial charge in [-0.25, -0.2) is 0 Å². The molecule has 1 rings (SSSR count). The summed E-state index contributed by atoms with van der Waals surface area (Å²) in [4.78, 5) is 0. The lowest BCUT2D eigenvalue weighted by molar-refractivity contribution is 0.411. The monoisotopic (exact) mass is 238 g/mol. The number of aryl methyl sites for hydroxylation is 2. The van der Waals surface area contributed by atoms with Crippen LogP contribution in [0.5, 0.6) is 5.75 Å². The van der Waals surface area contributed by atoms with E-state index in [2.05, 4.69) is 39.8 Å². The van der Waals surface area contributed by atoms with Crippen molar-refractivity contribution in [2.45, 2.75) is 60.8 Å². The molecule has 17 heavy (non-hydrogen) atoms. The lowest BCUT2D eigenvalue weighted by atomic mass is 10.1. The van der Waals surface area contributed by atoms with Crippen LogP contribution in [-0.2, 0) is 6.42 Å². The molecule has 100 valence electrons. The Morgan fingerprint density at radius 1 is 1.06 bits per heavy atom. The van der Waals surface area contributed by atoms with Gasteiger partial charge in [-0.05, 0) is 30.5 Å². The van der Waals surface area contributed by atoms with Crippen LogP contribution >= 0.6 is 0 Å². The zero-order chi connectivity index (χ0) is 13.7. The summed E-state index contributed by atoms with van der Waals surface area (Å²) in [5.41, 5.74) is 2.62. The van der Waals surface area contributed by atoms with Gasteiger partial charge in [-0.2, -0.15) is 0 Å². The summed E-state index contributed by atoms with van der Waals surface area (Å²) in [6, 6.07) is 6.37. The van der Waals surface area contributed by atoms with Crippen molar-refractivity contribution in [3.8, 4) is 5.75 Å². The molecular formula is C16H30O. The van der Waals surface area contributed by atoms with E-state index < -0.39 is 0 Å². The molecule has 0 aliphatic carbocycles. The second kappa shape index (κ2) is 13.1. The van der Waals surface area contributed by atoms with Crippen molar-refractivity contribution >= 4 is 0 Å². The molecule has 1 aromatic carbocycles. The predicted molar refractivity (Wildman–Crippen MR) is 79.0 cm³/mol. The summed E-state index contributed by atoms with van der Waals surface area (Å²) in [6.45, 7) is 12.5. The smallest absolute Gasteiger partial charge is 0.121 e. The third-order valence-electron chi connectivity index (χ3n) is 2.00. The molecule has 0 fully saturated rings. The molecule has 0 saturated carbocycles. The Morgan fingerprint density at radius 2 is 1.59 bits per heavy atom. The quantitative estimate of drug-likeness (QED) is 0.685. The van der Waals surface area contributed by atoms with Gasteiger partial charge in [-0.3, -0.25) is 0 Å². The van der Waals surface area contributed by atoms with Crippen LogP contribution in [0, 0.1) is 6.92 Å². The lowest BCUT2D eigenvalue weighted by Gasteiger charge is -2.05. The van der Waals surface area contributed by atoms with E-state index in [1.165, 1.54) is 24.0 Å². The highest BCUT2D eigenvalue weighted by Gasteiger charge is 1.98. The van der Waals surface area contributed by atoms with E-state index in [1.807, 2.05) is 19.9 Å². The molecule has 0 bridgehead atoms. The number of hydrogen-bond donors (Lipinski definition) is 0. The first-order chi connectivity index (χ1) is 8.19. The first kappa shape index (κ1) is 18.4. The molecule has 0 atom stereocenters. The lowest BCUT2D eigenvalue weighted by Crippen LogP contribution is -1.89. The topological polar surface area (TPSA) is 9.23 Å². The maximum absolute atomic E-state index is 5.18. The van der Waals surface area contributed by atoms with Gasteiger partial charge in [0.15, 0.2) is 0 Å². The minimum Gasteiger partial charge on any atom is -0.496 e. The Morgan fingerprint density at radius 3 is 1.94 bits per heavy atom. The zero-order valence-corrected chi connectivity index (χ0v) is 12.8. The first-order valence-corrected chi connectivity index (χ1v) is 6.83. The van der Waals surface area contributed by atoms with Gasteiger partial charge >= 0.3 is 0 Å². The summed E-state index contributed by atoms with van der Waals surface area (Å²) in [7, 11) is 1.71. The van der Waals surface area contributed by atoms with Gasteiger partial charge in [0, 0.05) is 0 Å². The summed E-state index contributed by atoms with van der Waals surface area (Å²) in [6.07, 6.45) is 3.61. The Kier molecular flexibility index (Phi) is 14.2. The fraction of sp³-hybridized carbons (Fsp3) is 0.625. The van der Waals surface area contributed by atoms with Crippen molar-refractivity contribution in [3.63, 3.8) is 0 Å². The van der Waals surface area contributed by atoms with Crippen molar-refractivity contribution in [3.05, 3.63) is 29.3 Å². The minimum atomic E-state index is 0.981. The molecule has 0 aliphatic rings. The maximum Gasteiger partial charge on any atom is 0.121 e. The summed E-state index contributed by atoms with van der Waals surface area (Å²) < 4.78 is 5.18. The van der Waals surface area contributed by atoms with Crippen LogP contribution in [0.25, 0.3) is 0 Å². The molecule has 1 aromatic rings. The van der Waals surface area contributed by atoms with Gasteiger partial charge in [-0.1, -0.05) is 59.6 Å². The van der Waals surface area contributed by atoms with Crippen LogP contribution in [0.4, 0.5) is 0 Å². The number of ether oxygens (including phenoxy) is 1. The maximum atomic E-state index is 5.18. The molecule has 0 saturated heterocycles. The molecule has 0 radical (unpaired) electrons.